The van der Waals surface area contributed by atoms with E-state index in [0.717, 1.165) is 103 Å². The van der Waals surface area contributed by atoms with Crippen molar-refractivity contribution < 1.29 is 37.9 Å². The number of allylic oxidation sites excluding steroid dienone is 14. The molecule has 332 valence electrons. The van der Waals surface area contributed by atoms with E-state index < -0.39 is 32.5 Å². The van der Waals surface area contributed by atoms with E-state index in [9.17, 15) is 14.2 Å². The summed E-state index contributed by atoms with van der Waals surface area (Å²) in [6, 6.07) is 0. The molecule has 0 bridgehead atoms. The largest absolute Gasteiger partial charge is 0.469 e. The van der Waals surface area contributed by atoms with Gasteiger partial charge in [-0.2, -0.15) is 0 Å². The Morgan fingerprint density at radius 2 is 0.828 bits per heavy atom. The van der Waals surface area contributed by atoms with E-state index in [2.05, 4.69) is 103 Å². The zero-order valence-corrected chi connectivity index (χ0v) is 37.6. The first kappa shape index (κ1) is 55.2. The third-order valence-electron chi connectivity index (χ3n) is 9.40. The molecule has 0 saturated heterocycles. The number of esters is 2. The average molecular weight is 831 g/mol. The van der Waals surface area contributed by atoms with Crippen LogP contribution in [-0.2, 0) is 28.2 Å². The molecule has 0 aromatic rings. The first-order chi connectivity index (χ1) is 28.3. The number of unbranched alkanes of at least 4 members (excludes halogenated alkanes) is 17. The van der Waals surface area contributed by atoms with Gasteiger partial charge in [-0.15, -0.1) is 0 Å². The van der Waals surface area contributed by atoms with Gasteiger partial charge in [0.25, 0.3) is 0 Å². The molecule has 0 saturated carbocycles. The number of phosphoric acid groups is 1. The second-order valence-corrected chi connectivity index (χ2v) is 16.2. The van der Waals surface area contributed by atoms with Crippen molar-refractivity contribution in [3.63, 3.8) is 0 Å². The molecule has 0 aromatic carbocycles. The molecule has 9 heteroatoms. The second-order valence-electron chi connectivity index (χ2n) is 15.0. The van der Waals surface area contributed by atoms with Gasteiger partial charge in [0.15, 0.2) is 6.10 Å². The standard InChI is InChI=1S/C49H83O8P/c1-3-5-7-9-11-13-15-17-19-21-23-24-26-28-30-32-34-36-38-40-42-44-49(51)57-47(46-56-58(52,53)54)45-55-48(50)43-41-39-37-35-33-31-29-27-25-22-20-18-16-14-12-10-8-6-4-2/h5,7,11-14,17-20,23-25,27,47H,3-4,6,8-10,15-16,21-22,26,28-46H2,1-2H3,(H2,52,53,54)/b7-5-,13-11-,14-12-,19-17-,20-18-,24-23-,27-25-. The quantitative estimate of drug-likeness (QED) is 0.0271. The molecule has 0 aliphatic carbocycles. The lowest BCUT2D eigenvalue weighted by Crippen LogP contribution is -2.29. The van der Waals surface area contributed by atoms with Gasteiger partial charge in [-0.25, -0.2) is 4.57 Å². The SMILES string of the molecule is CC/C=C\C/C=C\C/C=C\C/C=C\CCCCCCCCCCC(=O)OC(COC(=O)CCCCCCCC/C=C\C/C=C\C/C=C\CCCCC)COP(=O)(O)O. The lowest BCUT2D eigenvalue weighted by atomic mass is 10.1. The Morgan fingerprint density at radius 3 is 1.24 bits per heavy atom. The fourth-order valence-corrected chi connectivity index (χ4v) is 6.38. The predicted octanol–water partition coefficient (Wildman–Crippen LogP) is 14.4. The van der Waals surface area contributed by atoms with Gasteiger partial charge in [0.1, 0.15) is 6.61 Å². The molecule has 0 aliphatic rings. The number of hydrogen-bond donors (Lipinski definition) is 2. The van der Waals surface area contributed by atoms with Gasteiger partial charge in [-0.05, 0) is 89.9 Å². The van der Waals surface area contributed by atoms with Crippen LogP contribution in [0.2, 0.25) is 0 Å². The van der Waals surface area contributed by atoms with Crippen molar-refractivity contribution in [3.8, 4) is 0 Å². The zero-order valence-electron chi connectivity index (χ0n) is 36.7. The van der Waals surface area contributed by atoms with Crippen molar-refractivity contribution in [2.24, 2.45) is 0 Å². The van der Waals surface area contributed by atoms with Crippen LogP contribution in [0.15, 0.2) is 85.1 Å². The molecule has 0 amide bonds. The molecular formula is C49H83O8P. The van der Waals surface area contributed by atoms with Crippen LogP contribution in [0.3, 0.4) is 0 Å². The fraction of sp³-hybridized carbons (Fsp3) is 0.673. The highest BCUT2D eigenvalue weighted by molar-refractivity contribution is 7.46. The van der Waals surface area contributed by atoms with Crippen LogP contribution in [0.25, 0.3) is 0 Å². The molecule has 0 heterocycles. The highest BCUT2D eigenvalue weighted by Crippen LogP contribution is 2.36. The van der Waals surface area contributed by atoms with E-state index in [1.54, 1.807) is 0 Å². The van der Waals surface area contributed by atoms with Crippen molar-refractivity contribution in [1.82, 2.24) is 0 Å². The summed E-state index contributed by atoms with van der Waals surface area (Å²) in [5.74, 6) is -0.913. The molecule has 0 aromatic heterocycles. The maximum absolute atomic E-state index is 12.4. The van der Waals surface area contributed by atoms with Gasteiger partial charge in [0.05, 0.1) is 6.61 Å². The molecule has 8 nitrogen and oxygen atoms in total. The summed E-state index contributed by atoms with van der Waals surface area (Å²) in [4.78, 5) is 43.0. The minimum absolute atomic E-state index is 0.195. The van der Waals surface area contributed by atoms with Crippen LogP contribution >= 0.6 is 7.82 Å². The normalized spacial score (nSPS) is 13.2. The van der Waals surface area contributed by atoms with E-state index in [1.807, 2.05) is 0 Å². The smallest absolute Gasteiger partial charge is 0.462 e. The first-order valence-electron chi connectivity index (χ1n) is 22.9. The number of hydrogen-bond acceptors (Lipinski definition) is 6. The van der Waals surface area contributed by atoms with E-state index in [0.29, 0.717) is 12.8 Å². The lowest BCUT2D eigenvalue weighted by molar-refractivity contribution is -0.161. The molecule has 1 atom stereocenters. The van der Waals surface area contributed by atoms with Gasteiger partial charge < -0.3 is 19.3 Å². The highest BCUT2D eigenvalue weighted by atomic mass is 31.2. The minimum atomic E-state index is -4.77. The van der Waals surface area contributed by atoms with E-state index >= 15 is 0 Å². The van der Waals surface area contributed by atoms with Crippen molar-refractivity contribution in [3.05, 3.63) is 85.1 Å². The Bertz CT molecular complexity index is 1210. The van der Waals surface area contributed by atoms with E-state index in [-0.39, 0.29) is 19.4 Å². The molecule has 2 N–H and O–H groups in total. The number of carbonyl (C=O) groups excluding carboxylic acids is 2. The Labute approximate surface area is 354 Å². The molecule has 58 heavy (non-hydrogen) atoms. The molecule has 0 spiro atoms. The van der Waals surface area contributed by atoms with Gasteiger partial charge in [0.2, 0.25) is 0 Å². The maximum atomic E-state index is 12.4. The summed E-state index contributed by atoms with van der Waals surface area (Å²) in [6.45, 7) is 3.53. The highest BCUT2D eigenvalue weighted by Gasteiger charge is 2.22. The summed E-state index contributed by atoms with van der Waals surface area (Å²) >= 11 is 0. The molecule has 1 unspecified atom stereocenters. The summed E-state index contributed by atoms with van der Waals surface area (Å²) in [7, 11) is -4.77. The van der Waals surface area contributed by atoms with Crippen molar-refractivity contribution in [2.45, 2.75) is 200 Å². The Morgan fingerprint density at radius 1 is 0.466 bits per heavy atom. The molecule has 0 rings (SSSR count). The average Bonchev–Trinajstić information content (AvgIpc) is 3.20. The van der Waals surface area contributed by atoms with Gasteiger partial charge in [-0.1, -0.05) is 176 Å². The Balaban J connectivity index is 3.94. The van der Waals surface area contributed by atoms with E-state index in [4.69, 9.17) is 19.3 Å². The van der Waals surface area contributed by atoms with Gasteiger partial charge >= 0.3 is 19.8 Å². The number of rotatable bonds is 41. The summed E-state index contributed by atoms with van der Waals surface area (Å²) in [6.07, 6.45) is 58.7. The van der Waals surface area contributed by atoms with Crippen LogP contribution in [-0.4, -0.2) is 41.0 Å². The molecule has 0 aliphatic heterocycles. The first-order valence-corrected chi connectivity index (χ1v) is 24.4. The third-order valence-corrected chi connectivity index (χ3v) is 9.88. The number of carbonyl (C=O) groups is 2. The van der Waals surface area contributed by atoms with Crippen LogP contribution in [0.4, 0.5) is 0 Å². The van der Waals surface area contributed by atoms with Gasteiger partial charge in [0, 0.05) is 12.8 Å². The summed E-state index contributed by atoms with van der Waals surface area (Å²) in [5.41, 5.74) is 0. The Hall–Kier alpha value is -2.77. The topological polar surface area (TPSA) is 119 Å². The minimum Gasteiger partial charge on any atom is -0.462 e. The monoisotopic (exact) mass is 831 g/mol. The van der Waals surface area contributed by atoms with Crippen molar-refractivity contribution >= 4 is 19.8 Å². The molecule has 0 radical (unpaired) electrons. The third kappa shape index (κ3) is 45.9. The molecular weight excluding hydrogens is 748 g/mol. The summed E-state index contributed by atoms with van der Waals surface area (Å²) < 4.78 is 26.5. The van der Waals surface area contributed by atoms with Crippen LogP contribution in [0, 0.1) is 0 Å². The number of phosphoric ester groups is 1. The second kappa shape index (κ2) is 43.8. The predicted molar refractivity (Wildman–Crippen MR) is 243 cm³/mol. The maximum Gasteiger partial charge on any atom is 0.469 e. The molecule has 0 fully saturated rings. The van der Waals surface area contributed by atoms with E-state index in [1.165, 1.54) is 51.4 Å². The van der Waals surface area contributed by atoms with Crippen molar-refractivity contribution in [1.29, 1.82) is 0 Å². The van der Waals surface area contributed by atoms with Crippen LogP contribution in [0.5, 0.6) is 0 Å². The zero-order chi connectivity index (χ0) is 42.5. The van der Waals surface area contributed by atoms with Crippen LogP contribution in [0.1, 0.15) is 194 Å². The number of ether oxygens (including phenoxy) is 2. The van der Waals surface area contributed by atoms with Crippen LogP contribution < -0.4 is 0 Å². The summed E-state index contributed by atoms with van der Waals surface area (Å²) in [5, 5.41) is 0. The fourth-order valence-electron chi connectivity index (χ4n) is 6.02. The van der Waals surface area contributed by atoms with Crippen molar-refractivity contribution in [2.75, 3.05) is 13.2 Å². The van der Waals surface area contributed by atoms with Gasteiger partial charge in [-0.3, -0.25) is 14.1 Å². The lowest BCUT2D eigenvalue weighted by Gasteiger charge is -2.18. The Kier molecular flexibility index (Phi) is 41.7.